The summed E-state index contributed by atoms with van der Waals surface area (Å²) in [7, 11) is 0. The SMILES string of the molecule is C[C@]12CC[C@H]3[C@@H](CCC(=O)[C@]3(C)Br)[C@H]1CC[C@@H]2OC(=O)c1ccccc1. The molecule has 0 aliphatic heterocycles. The molecule has 0 unspecified atom stereocenters. The molecule has 0 aromatic heterocycles. The van der Waals surface area contributed by atoms with Gasteiger partial charge < -0.3 is 4.74 Å². The number of ether oxygens (including phenoxy) is 1. The zero-order valence-corrected chi connectivity index (χ0v) is 17.1. The lowest BCUT2D eigenvalue weighted by Crippen LogP contribution is -2.54. The second-order valence-electron chi connectivity index (χ2n) is 8.80. The Bertz CT molecular complexity index is 713. The summed E-state index contributed by atoms with van der Waals surface area (Å²) in [5, 5.41) is 0. The third-order valence-electron chi connectivity index (χ3n) is 7.56. The standard InChI is InChI=1S/C22H27BrO3/c1-21-13-12-17-15(8-10-18(24)22(17,2)23)16(21)9-11-19(21)26-20(25)14-6-4-3-5-7-14/h3-7,15-17,19H,8-13H2,1-2H3/t15-,16+,17-,19-,21-,22+/m0/s1. The lowest BCUT2D eigenvalue weighted by molar-refractivity contribution is -0.130. The molecule has 3 fully saturated rings. The maximum Gasteiger partial charge on any atom is 0.338 e. The Morgan fingerprint density at radius 2 is 1.81 bits per heavy atom. The maximum atomic E-state index is 12.6. The molecule has 0 N–H and O–H groups in total. The van der Waals surface area contributed by atoms with E-state index in [0.29, 0.717) is 35.5 Å². The van der Waals surface area contributed by atoms with Gasteiger partial charge in [-0.05, 0) is 68.9 Å². The minimum absolute atomic E-state index is 0.0136. The van der Waals surface area contributed by atoms with Crippen LogP contribution in [0.3, 0.4) is 0 Å². The molecular weight excluding hydrogens is 392 g/mol. The predicted octanol–water partition coefficient (Wildman–Crippen LogP) is 5.17. The molecule has 0 heterocycles. The first-order chi connectivity index (χ1) is 12.3. The molecule has 26 heavy (non-hydrogen) atoms. The zero-order valence-electron chi connectivity index (χ0n) is 15.5. The summed E-state index contributed by atoms with van der Waals surface area (Å²) in [6.07, 6.45) is 5.75. The fourth-order valence-corrected chi connectivity index (χ4v) is 6.80. The predicted molar refractivity (Wildman–Crippen MR) is 104 cm³/mol. The van der Waals surface area contributed by atoms with E-state index in [9.17, 15) is 9.59 Å². The number of alkyl halides is 1. The molecule has 0 bridgehead atoms. The van der Waals surface area contributed by atoms with Crippen molar-refractivity contribution < 1.29 is 14.3 Å². The molecule has 3 nitrogen and oxygen atoms in total. The fraction of sp³-hybridized carbons (Fsp3) is 0.636. The van der Waals surface area contributed by atoms with E-state index in [4.69, 9.17) is 4.74 Å². The minimum Gasteiger partial charge on any atom is -0.458 e. The second kappa shape index (κ2) is 6.47. The topological polar surface area (TPSA) is 43.4 Å². The van der Waals surface area contributed by atoms with Gasteiger partial charge in [-0.25, -0.2) is 4.79 Å². The molecule has 1 aromatic carbocycles. The lowest BCUT2D eigenvalue weighted by atomic mass is 9.54. The van der Waals surface area contributed by atoms with E-state index >= 15 is 0 Å². The van der Waals surface area contributed by atoms with Gasteiger partial charge in [0.1, 0.15) is 11.9 Å². The molecule has 140 valence electrons. The second-order valence-corrected chi connectivity index (χ2v) is 10.4. The highest BCUT2D eigenvalue weighted by Crippen LogP contribution is 2.62. The molecule has 0 amide bonds. The van der Waals surface area contributed by atoms with E-state index in [1.54, 1.807) is 0 Å². The Morgan fingerprint density at radius 3 is 2.54 bits per heavy atom. The number of halogens is 1. The molecule has 6 atom stereocenters. The maximum absolute atomic E-state index is 12.6. The average Bonchev–Trinajstić information content (AvgIpc) is 2.95. The van der Waals surface area contributed by atoms with Crippen LogP contribution in [0.15, 0.2) is 30.3 Å². The van der Waals surface area contributed by atoms with Gasteiger partial charge in [-0.15, -0.1) is 0 Å². The molecule has 4 heteroatoms. The highest BCUT2D eigenvalue weighted by Gasteiger charge is 2.60. The number of esters is 1. The highest BCUT2D eigenvalue weighted by atomic mass is 79.9. The van der Waals surface area contributed by atoms with Crippen molar-refractivity contribution in [3.05, 3.63) is 35.9 Å². The van der Waals surface area contributed by atoms with Gasteiger partial charge in [0.25, 0.3) is 0 Å². The number of hydrogen-bond acceptors (Lipinski definition) is 3. The summed E-state index contributed by atoms with van der Waals surface area (Å²) in [4.78, 5) is 25.0. The van der Waals surface area contributed by atoms with Crippen molar-refractivity contribution in [2.75, 3.05) is 0 Å². The first kappa shape index (κ1) is 18.2. The number of carbonyl (C=O) groups excluding carboxylic acids is 2. The van der Waals surface area contributed by atoms with Gasteiger partial charge in [-0.3, -0.25) is 4.79 Å². The smallest absolute Gasteiger partial charge is 0.338 e. The Labute approximate surface area is 164 Å². The molecule has 3 saturated carbocycles. The molecule has 0 spiro atoms. The van der Waals surface area contributed by atoms with E-state index in [1.807, 2.05) is 30.3 Å². The number of rotatable bonds is 2. The van der Waals surface area contributed by atoms with Gasteiger partial charge in [0.15, 0.2) is 0 Å². The normalized spacial score (nSPS) is 42.0. The molecule has 3 aliphatic carbocycles. The number of hydrogen-bond donors (Lipinski definition) is 0. The first-order valence-corrected chi connectivity index (χ1v) is 10.6. The van der Waals surface area contributed by atoms with Crippen molar-refractivity contribution in [1.29, 1.82) is 0 Å². The van der Waals surface area contributed by atoms with E-state index in [-0.39, 0.29) is 21.8 Å². The summed E-state index contributed by atoms with van der Waals surface area (Å²) >= 11 is 3.77. The Balaban J connectivity index is 1.53. The van der Waals surface area contributed by atoms with Gasteiger partial charge >= 0.3 is 5.97 Å². The van der Waals surface area contributed by atoms with E-state index < -0.39 is 0 Å². The van der Waals surface area contributed by atoms with Crippen LogP contribution >= 0.6 is 15.9 Å². The summed E-state index contributed by atoms with van der Waals surface area (Å²) in [6.45, 7) is 4.38. The van der Waals surface area contributed by atoms with Crippen molar-refractivity contribution in [1.82, 2.24) is 0 Å². The Hall–Kier alpha value is -1.16. The van der Waals surface area contributed by atoms with Crippen molar-refractivity contribution in [2.45, 2.75) is 62.8 Å². The van der Waals surface area contributed by atoms with Crippen LogP contribution in [-0.4, -0.2) is 22.2 Å². The van der Waals surface area contributed by atoms with Gasteiger partial charge in [-0.1, -0.05) is 41.1 Å². The largest absolute Gasteiger partial charge is 0.458 e. The Kier molecular flexibility index (Phi) is 4.53. The van der Waals surface area contributed by atoms with Crippen LogP contribution in [0.2, 0.25) is 0 Å². The zero-order chi connectivity index (χ0) is 18.5. The van der Waals surface area contributed by atoms with E-state index in [2.05, 4.69) is 29.8 Å². The number of benzene rings is 1. The third kappa shape index (κ3) is 2.76. The quantitative estimate of drug-likeness (QED) is 0.491. The number of fused-ring (bicyclic) bond motifs is 3. The fourth-order valence-electron chi connectivity index (χ4n) is 6.03. The first-order valence-electron chi connectivity index (χ1n) is 9.82. The van der Waals surface area contributed by atoms with E-state index in [1.165, 1.54) is 0 Å². The van der Waals surface area contributed by atoms with Gasteiger partial charge in [0, 0.05) is 11.8 Å². The molecule has 0 saturated heterocycles. The van der Waals surface area contributed by atoms with Crippen molar-refractivity contribution in [3.8, 4) is 0 Å². The molecule has 1 aromatic rings. The van der Waals surface area contributed by atoms with Crippen LogP contribution in [0.5, 0.6) is 0 Å². The highest BCUT2D eigenvalue weighted by molar-refractivity contribution is 9.10. The molecule has 0 radical (unpaired) electrons. The number of ketones is 1. The van der Waals surface area contributed by atoms with Crippen LogP contribution < -0.4 is 0 Å². The van der Waals surface area contributed by atoms with Crippen LogP contribution in [0.25, 0.3) is 0 Å². The summed E-state index contributed by atoms with van der Waals surface area (Å²) in [5.41, 5.74) is 0.666. The lowest BCUT2D eigenvalue weighted by Gasteiger charge is -2.53. The van der Waals surface area contributed by atoms with Crippen LogP contribution in [-0.2, 0) is 9.53 Å². The van der Waals surface area contributed by atoms with Crippen molar-refractivity contribution in [2.24, 2.45) is 23.2 Å². The van der Waals surface area contributed by atoms with Gasteiger partial charge in [0.05, 0.1) is 9.89 Å². The monoisotopic (exact) mass is 418 g/mol. The number of Topliss-reactive ketones (excluding diaryl/α,β-unsaturated/α-hetero) is 1. The molecular formula is C22H27BrO3. The van der Waals surface area contributed by atoms with Gasteiger partial charge in [-0.2, -0.15) is 0 Å². The van der Waals surface area contributed by atoms with Crippen molar-refractivity contribution >= 4 is 27.7 Å². The summed E-state index contributed by atoms with van der Waals surface area (Å²) < 4.78 is 5.63. The van der Waals surface area contributed by atoms with Crippen LogP contribution in [0.1, 0.15) is 62.7 Å². The Morgan fingerprint density at radius 1 is 1.08 bits per heavy atom. The van der Waals surface area contributed by atoms with Gasteiger partial charge in [0.2, 0.25) is 0 Å². The van der Waals surface area contributed by atoms with E-state index in [0.717, 1.165) is 32.1 Å². The van der Waals surface area contributed by atoms with Crippen LogP contribution in [0.4, 0.5) is 0 Å². The summed E-state index contributed by atoms with van der Waals surface area (Å²) in [5.74, 6) is 1.65. The third-order valence-corrected chi connectivity index (χ3v) is 8.59. The van der Waals surface area contributed by atoms with Crippen LogP contribution in [0, 0.1) is 23.2 Å². The minimum atomic E-state index is -0.379. The van der Waals surface area contributed by atoms with Crippen molar-refractivity contribution in [3.63, 3.8) is 0 Å². The summed E-state index contributed by atoms with van der Waals surface area (Å²) in [6, 6.07) is 9.29. The average molecular weight is 419 g/mol. The number of carbonyl (C=O) groups is 2. The molecule has 4 rings (SSSR count). The molecule has 3 aliphatic rings.